The lowest BCUT2D eigenvalue weighted by molar-refractivity contribution is -0.153. The molecule has 3 fully saturated rings. The van der Waals surface area contributed by atoms with Gasteiger partial charge in [-0.3, -0.25) is 4.79 Å². The van der Waals surface area contributed by atoms with Crippen molar-refractivity contribution in [2.75, 3.05) is 33.4 Å². The molecule has 3 aromatic carbocycles. The van der Waals surface area contributed by atoms with Crippen LogP contribution in [0.2, 0.25) is 0 Å². The number of nitrogens with one attached hydrogen (secondary N) is 4. The molecular formula is C38H43N7O5. The molecule has 3 atom stereocenters. The molecule has 2 aromatic heterocycles. The molecule has 3 unspecified atom stereocenters. The highest BCUT2D eigenvalue weighted by atomic mass is 16.7. The zero-order valence-electron chi connectivity index (χ0n) is 28.6. The normalized spacial score (nSPS) is 21.0. The summed E-state index contributed by atoms with van der Waals surface area (Å²) < 4.78 is 16.8. The lowest BCUT2D eigenvalue weighted by Gasteiger charge is -2.30. The maximum atomic E-state index is 13.9. The predicted molar refractivity (Wildman–Crippen MR) is 189 cm³/mol. The predicted octanol–water partition coefficient (Wildman–Crippen LogP) is 5.98. The highest BCUT2D eigenvalue weighted by Gasteiger charge is 2.52. The number of ether oxygens (including phenoxy) is 3. The Labute approximate surface area is 290 Å². The zero-order valence-corrected chi connectivity index (χ0v) is 28.6. The number of likely N-dealkylation sites (tertiary alicyclic amines) is 1. The van der Waals surface area contributed by atoms with Crippen LogP contribution >= 0.6 is 0 Å². The van der Waals surface area contributed by atoms with Crippen molar-refractivity contribution < 1.29 is 23.8 Å². The van der Waals surface area contributed by atoms with Gasteiger partial charge in [-0.05, 0) is 59.5 Å². The molecule has 0 radical (unpaired) electrons. The first-order valence-electron chi connectivity index (χ1n) is 17.6. The number of aromatic nitrogens is 4. The van der Waals surface area contributed by atoms with Gasteiger partial charge in [-0.1, -0.05) is 62.7 Å². The maximum absolute atomic E-state index is 13.9. The van der Waals surface area contributed by atoms with Crippen LogP contribution in [-0.4, -0.2) is 82.1 Å². The second kappa shape index (κ2) is 13.2. The number of H-pyrrole nitrogens is 2. The van der Waals surface area contributed by atoms with Gasteiger partial charge in [0, 0.05) is 11.8 Å². The van der Waals surface area contributed by atoms with Crippen LogP contribution in [0.4, 0.5) is 4.79 Å². The highest BCUT2D eigenvalue weighted by Crippen LogP contribution is 2.43. The Bertz CT molecular complexity index is 2020. The summed E-state index contributed by atoms with van der Waals surface area (Å²) in [6.45, 7) is 5.97. The van der Waals surface area contributed by atoms with Gasteiger partial charge in [-0.15, -0.1) is 0 Å². The minimum atomic E-state index is -0.903. The molecule has 3 saturated heterocycles. The Balaban J connectivity index is 1.03. The lowest BCUT2D eigenvalue weighted by Crippen LogP contribution is -2.52. The van der Waals surface area contributed by atoms with Gasteiger partial charge in [0.15, 0.2) is 5.79 Å². The molecule has 5 heterocycles. The van der Waals surface area contributed by atoms with Crippen molar-refractivity contribution in [1.29, 1.82) is 0 Å². The number of rotatable bonds is 7. The Morgan fingerprint density at radius 3 is 2.50 bits per heavy atom. The Hall–Kier alpha value is -4.78. The van der Waals surface area contributed by atoms with E-state index in [4.69, 9.17) is 24.2 Å². The fraction of sp³-hybridized carbons (Fsp3) is 0.421. The van der Waals surface area contributed by atoms with E-state index in [0.29, 0.717) is 25.5 Å². The number of piperidine rings is 1. The van der Waals surface area contributed by atoms with E-state index in [1.807, 2.05) is 13.8 Å². The van der Waals surface area contributed by atoms with Crippen LogP contribution in [0.5, 0.6) is 0 Å². The Morgan fingerprint density at radius 2 is 1.76 bits per heavy atom. The van der Waals surface area contributed by atoms with Crippen molar-refractivity contribution in [2.45, 2.75) is 63.4 Å². The van der Waals surface area contributed by atoms with Crippen molar-refractivity contribution in [3.8, 4) is 22.4 Å². The fourth-order valence-electron chi connectivity index (χ4n) is 7.64. The molecule has 0 aliphatic carbocycles. The van der Waals surface area contributed by atoms with Crippen molar-refractivity contribution in [2.24, 2.45) is 5.92 Å². The molecule has 0 bridgehead atoms. The van der Waals surface area contributed by atoms with Crippen molar-refractivity contribution in [3.05, 3.63) is 72.4 Å². The topological polar surface area (TPSA) is 146 Å². The van der Waals surface area contributed by atoms with E-state index in [9.17, 15) is 9.59 Å². The smallest absolute Gasteiger partial charge is 0.407 e. The number of benzene rings is 3. The summed E-state index contributed by atoms with van der Waals surface area (Å²) in [5.74, 6) is 0.352. The summed E-state index contributed by atoms with van der Waals surface area (Å²) in [5.41, 5.74) is 6.12. The van der Waals surface area contributed by atoms with E-state index < -0.39 is 24.0 Å². The fourth-order valence-corrected chi connectivity index (χ4v) is 7.64. The van der Waals surface area contributed by atoms with E-state index in [1.54, 1.807) is 11.1 Å². The summed E-state index contributed by atoms with van der Waals surface area (Å²) in [5, 5.41) is 8.59. The van der Waals surface area contributed by atoms with E-state index in [1.165, 1.54) is 20.0 Å². The quantitative estimate of drug-likeness (QED) is 0.165. The number of hydrogen-bond donors (Lipinski definition) is 4. The molecule has 12 nitrogen and oxygen atoms in total. The number of imidazole rings is 2. The van der Waals surface area contributed by atoms with Gasteiger partial charge in [-0.25, -0.2) is 14.8 Å². The van der Waals surface area contributed by atoms with Crippen LogP contribution in [-0.2, 0) is 19.0 Å². The molecule has 2 amide bonds. The first-order valence-corrected chi connectivity index (χ1v) is 17.6. The van der Waals surface area contributed by atoms with Gasteiger partial charge >= 0.3 is 6.09 Å². The third kappa shape index (κ3) is 6.01. The first kappa shape index (κ1) is 32.4. The molecule has 50 heavy (non-hydrogen) atoms. The first-order chi connectivity index (χ1) is 24.3. The number of alkyl carbamates (subject to hydrolysis) is 1. The number of hydrogen-bond acceptors (Lipinski definition) is 8. The van der Waals surface area contributed by atoms with Gasteiger partial charge in [0.05, 0.1) is 61.9 Å². The maximum Gasteiger partial charge on any atom is 0.407 e. The van der Waals surface area contributed by atoms with Gasteiger partial charge in [0.2, 0.25) is 5.91 Å². The Morgan fingerprint density at radius 1 is 0.980 bits per heavy atom. The molecule has 3 aliphatic heterocycles. The number of methoxy groups -OCH3 is 1. The van der Waals surface area contributed by atoms with Gasteiger partial charge in [0.25, 0.3) is 0 Å². The van der Waals surface area contributed by atoms with Crippen LogP contribution in [0.15, 0.2) is 60.8 Å². The van der Waals surface area contributed by atoms with Gasteiger partial charge < -0.3 is 39.7 Å². The van der Waals surface area contributed by atoms with Gasteiger partial charge in [0.1, 0.15) is 17.7 Å². The summed E-state index contributed by atoms with van der Waals surface area (Å²) in [6.07, 6.45) is 5.12. The molecule has 0 saturated carbocycles. The third-order valence-corrected chi connectivity index (χ3v) is 10.3. The summed E-state index contributed by atoms with van der Waals surface area (Å²) in [6, 6.07) is 18.3. The SMILES string of the molecule is COC(=O)NC(C(=O)N1CC2(CC1c1ncc(-c3ccc(-c4ccc5c(ccc6[nH]c(C7CCCCN7)nc65)c4)cc3)[nH]1)OCCO2)C(C)C. The minimum Gasteiger partial charge on any atom is -0.453 e. The monoisotopic (exact) mass is 677 g/mol. The number of carbonyl (C=O) groups is 2. The van der Waals surface area contributed by atoms with Crippen LogP contribution in [0.3, 0.4) is 0 Å². The van der Waals surface area contributed by atoms with Crippen molar-refractivity contribution in [3.63, 3.8) is 0 Å². The second-order valence-electron chi connectivity index (χ2n) is 13.9. The highest BCUT2D eigenvalue weighted by molar-refractivity contribution is 6.05. The van der Waals surface area contributed by atoms with Crippen LogP contribution in [0.1, 0.15) is 63.3 Å². The number of amides is 2. The molecule has 260 valence electrons. The summed E-state index contributed by atoms with van der Waals surface area (Å²) in [7, 11) is 1.28. The molecule has 3 aliphatic rings. The molecule has 12 heteroatoms. The van der Waals surface area contributed by atoms with Crippen molar-refractivity contribution in [1.82, 2.24) is 35.5 Å². The van der Waals surface area contributed by atoms with Crippen molar-refractivity contribution >= 4 is 33.8 Å². The standard InChI is InChI=1S/C38H43N7O5/c1-22(2)32(44-37(47)48-3)36(46)45-21-38(49-16-17-50-38)19-31(45)35-40-20-30(42-35)24-9-7-23(8-10-24)25-11-13-27-26(18-25)12-14-28-33(27)43-34(41-28)29-6-4-5-15-39-29/h7-14,18,20,22,29,31-32,39H,4-6,15-17,19,21H2,1-3H3,(H,40,42)(H,41,43)(H,44,47). The third-order valence-electron chi connectivity index (χ3n) is 10.3. The van der Waals surface area contributed by atoms with Crippen LogP contribution in [0.25, 0.3) is 44.2 Å². The van der Waals surface area contributed by atoms with E-state index in [0.717, 1.165) is 63.0 Å². The molecule has 8 rings (SSSR count). The average molecular weight is 678 g/mol. The number of fused-ring (bicyclic) bond motifs is 3. The molecule has 1 spiro atoms. The van der Waals surface area contributed by atoms with E-state index in [-0.39, 0.29) is 24.4 Å². The van der Waals surface area contributed by atoms with Gasteiger partial charge in [-0.2, -0.15) is 0 Å². The van der Waals surface area contributed by atoms with Crippen LogP contribution < -0.4 is 10.6 Å². The molecule has 5 aromatic rings. The number of carbonyl (C=O) groups excluding carboxylic acids is 2. The van der Waals surface area contributed by atoms with Crippen LogP contribution in [0, 0.1) is 5.92 Å². The Kier molecular flexibility index (Phi) is 8.54. The largest absolute Gasteiger partial charge is 0.453 e. The summed E-state index contributed by atoms with van der Waals surface area (Å²) >= 11 is 0. The zero-order chi connectivity index (χ0) is 34.4. The number of aromatic amines is 2. The minimum absolute atomic E-state index is 0.166. The summed E-state index contributed by atoms with van der Waals surface area (Å²) in [4.78, 5) is 44.5. The lowest BCUT2D eigenvalue weighted by atomic mass is 9.99. The number of nitrogens with zero attached hydrogens (tertiary/aromatic N) is 3. The van der Waals surface area contributed by atoms with E-state index >= 15 is 0 Å². The molecular weight excluding hydrogens is 634 g/mol. The van der Waals surface area contributed by atoms with E-state index in [2.05, 4.69) is 75.2 Å². The molecule has 4 N–H and O–H groups in total. The average Bonchev–Trinajstić information content (AvgIpc) is 3.97. The second-order valence-corrected chi connectivity index (χ2v) is 13.9.